The summed E-state index contributed by atoms with van der Waals surface area (Å²) in [5, 5.41) is 13.2. The fourth-order valence-corrected chi connectivity index (χ4v) is 2.91. The Morgan fingerprint density at radius 3 is 2.91 bits per heavy atom. The van der Waals surface area contributed by atoms with Gasteiger partial charge in [0.05, 0.1) is 29.4 Å². The molecule has 3 rings (SSSR count). The number of carbonyl (C=O) groups excluding carboxylic acids is 1. The van der Waals surface area contributed by atoms with Gasteiger partial charge in [-0.3, -0.25) is 14.2 Å². The lowest BCUT2D eigenvalue weighted by Gasteiger charge is -2.28. The van der Waals surface area contributed by atoms with Crippen LogP contribution in [-0.4, -0.2) is 32.7 Å². The molecule has 2 atom stereocenters. The Morgan fingerprint density at radius 1 is 1.32 bits per heavy atom. The molecule has 6 heteroatoms. The average molecular weight is 301 g/mol. The molecule has 6 nitrogen and oxygen atoms in total. The monoisotopic (exact) mass is 301 g/mol. The van der Waals surface area contributed by atoms with E-state index in [9.17, 15) is 14.7 Å². The first kappa shape index (κ1) is 14.7. The molecule has 1 saturated carbocycles. The number of aliphatic hydroxyl groups is 1. The van der Waals surface area contributed by atoms with Crippen molar-refractivity contribution >= 4 is 16.8 Å². The number of aliphatic hydroxyl groups excluding tert-OH is 1. The zero-order chi connectivity index (χ0) is 15.5. The van der Waals surface area contributed by atoms with Gasteiger partial charge < -0.3 is 10.4 Å². The Bertz CT molecular complexity index is 741. The topological polar surface area (TPSA) is 84.2 Å². The van der Waals surface area contributed by atoms with E-state index in [4.69, 9.17) is 0 Å². The molecule has 2 unspecified atom stereocenters. The minimum absolute atomic E-state index is 0.0834. The van der Waals surface area contributed by atoms with E-state index < -0.39 is 6.10 Å². The number of para-hydroxylation sites is 1. The van der Waals surface area contributed by atoms with Gasteiger partial charge in [0.25, 0.3) is 5.56 Å². The molecule has 1 amide bonds. The van der Waals surface area contributed by atoms with E-state index in [1.807, 2.05) is 6.07 Å². The van der Waals surface area contributed by atoms with Crippen LogP contribution in [0.15, 0.2) is 35.4 Å². The normalized spacial score (nSPS) is 21.7. The number of hydrogen-bond donors (Lipinski definition) is 2. The van der Waals surface area contributed by atoms with Crippen molar-refractivity contribution in [2.24, 2.45) is 0 Å². The number of aromatic nitrogens is 2. The Hall–Kier alpha value is -2.21. The Morgan fingerprint density at radius 2 is 2.09 bits per heavy atom. The van der Waals surface area contributed by atoms with Gasteiger partial charge >= 0.3 is 0 Å². The van der Waals surface area contributed by atoms with E-state index in [1.165, 1.54) is 10.9 Å². The number of hydrogen-bond acceptors (Lipinski definition) is 4. The van der Waals surface area contributed by atoms with Crippen molar-refractivity contribution in [2.75, 3.05) is 0 Å². The summed E-state index contributed by atoms with van der Waals surface area (Å²) in [6.45, 7) is -0.0834. The second-order valence-corrected chi connectivity index (χ2v) is 5.72. The van der Waals surface area contributed by atoms with Crippen molar-refractivity contribution in [3.8, 4) is 0 Å². The van der Waals surface area contributed by atoms with Crippen molar-refractivity contribution < 1.29 is 9.90 Å². The maximum atomic E-state index is 12.3. The lowest BCUT2D eigenvalue weighted by atomic mass is 9.92. The first-order valence-electron chi connectivity index (χ1n) is 7.57. The van der Waals surface area contributed by atoms with Crippen LogP contribution in [0.2, 0.25) is 0 Å². The molecule has 1 aromatic carbocycles. The summed E-state index contributed by atoms with van der Waals surface area (Å²) in [4.78, 5) is 28.6. The molecule has 2 N–H and O–H groups in total. The number of nitrogens with zero attached hydrogens (tertiary/aromatic N) is 2. The van der Waals surface area contributed by atoms with E-state index >= 15 is 0 Å². The van der Waals surface area contributed by atoms with Gasteiger partial charge in [-0.1, -0.05) is 25.0 Å². The highest BCUT2D eigenvalue weighted by molar-refractivity contribution is 5.79. The van der Waals surface area contributed by atoms with Crippen LogP contribution in [0, 0.1) is 0 Å². The molecule has 1 aliphatic rings. The van der Waals surface area contributed by atoms with E-state index in [-0.39, 0.29) is 24.1 Å². The van der Waals surface area contributed by atoms with Gasteiger partial charge in [0.2, 0.25) is 5.91 Å². The summed E-state index contributed by atoms with van der Waals surface area (Å²) in [5.41, 5.74) is 0.386. The minimum atomic E-state index is -0.496. The fraction of sp³-hybridized carbons (Fsp3) is 0.438. The van der Waals surface area contributed by atoms with E-state index in [2.05, 4.69) is 10.3 Å². The maximum Gasteiger partial charge on any atom is 0.261 e. The van der Waals surface area contributed by atoms with Crippen molar-refractivity contribution in [3.63, 3.8) is 0 Å². The van der Waals surface area contributed by atoms with E-state index in [1.54, 1.807) is 18.2 Å². The Labute approximate surface area is 127 Å². The molecule has 2 aromatic rings. The molecule has 0 radical (unpaired) electrons. The largest absolute Gasteiger partial charge is 0.391 e. The zero-order valence-electron chi connectivity index (χ0n) is 12.2. The predicted molar refractivity (Wildman–Crippen MR) is 82.4 cm³/mol. The molecule has 0 saturated heterocycles. The first-order chi connectivity index (χ1) is 10.6. The van der Waals surface area contributed by atoms with Crippen LogP contribution in [0.5, 0.6) is 0 Å². The van der Waals surface area contributed by atoms with Gasteiger partial charge in [0, 0.05) is 0 Å². The second-order valence-electron chi connectivity index (χ2n) is 5.72. The third-order valence-electron chi connectivity index (χ3n) is 4.12. The highest BCUT2D eigenvalue weighted by Gasteiger charge is 2.24. The molecule has 0 bridgehead atoms. The first-order valence-corrected chi connectivity index (χ1v) is 7.57. The van der Waals surface area contributed by atoms with Crippen molar-refractivity contribution in [3.05, 3.63) is 40.9 Å². The van der Waals surface area contributed by atoms with Crippen molar-refractivity contribution in [1.82, 2.24) is 14.9 Å². The molecular weight excluding hydrogens is 282 g/mol. The fourth-order valence-electron chi connectivity index (χ4n) is 2.91. The molecule has 1 heterocycles. The van der Waals surface area contributed by atoms with Gasteiger partial charge in [-0.2, -0.15) is 0 Å². The number of nitrogens with one attached hydrogen (secondary N) is 1. The summed E-state index contributed by atoms with van der Waals surface area (Å²) in [5.74, 6) is -0.273. The van der Waals surface area contributed by atoms with Crippen LogP contribution >= 0.6 is 0 Å². The maximum absolute atomic E-state index is 12.3. The summed E-state index contributed by atoms with van der Waals surface area (Å²) in [6, 6.07) is 6.83. The third-order valence-corrected chi connectivity index (χ3v) is 4.12. The highest BCUT2D eigenvalue weighted by atomic mass is 16.3. The standard InChI is InChI=1S/C16H19N3O3/c20-14-8-4-3-7-13(14)18-15(21)9-19-10-17-12-6-2-1-5-11(12)16(19)22/h1-2,5-6,10,13-14,20H,3-4,7-9H2,(H,18,21). The SMILES string of the molecule is O=C(Cn1cnc2ccccc2c1=O)NC1CCCCC1O. The highest BCUT2D eigenvalue weighted by Crippen LogP contribution is 2.18. The van der Waals surface area contributed by atoms with E-state index in [0.717, 1.165) is 19.3 Å². The minimum Gasteiger partial charge on any atom is -0.391 e. The number of carbonyl (C=O) groups is 1. The van der Waals surface area contributed by atoms with Gasteiger partial charge in [0.15, 0.2) is 0 Å². The number of rotatable bonds is 3. The quantitative estimate of drug-likeness (QED) is 0.879. The van der Waals surface area contributed by atoms with Gasteiger partial charge in [0.1, 0.15) is 6.54 Å². The third kappa shape index (κ3) is 3.01. The average Bonchev–Trinajstić information content (AvgIpc) is 2.53. The van der Waals surface area contributed by atoms with Crippen LogP contribution in [0.25, 0.3) is 10.9 Å². The van der Waals surface area contributed by atoms with Gasteiger partial charge in [-0.05, 0) is 25.0 Å². The van der Waals surface area contributed by atoms with Crippen molar-refractivity contribution in [1.29, 1.82) is 0 Å². The van der Waals surface area contributed by atoms with E-state index in [0.29, 0.717) is 17.3 Å². The molecule has 0 aliphatic heterocycles. The molecule has 1 fully saturated rings. The lowest BCUT2D eigenvalue weighted by Crippen LogP contribution is -2.46. The smallest absolute Gasteiger partial charge is 0.261 e. The molecule has 22 heavy (non-hydrogen) atoms. The van der Waals surface area contributed by atoms with Crippen LogP contribution in [0.3, 0.4) is 0 Å². The molecule has 1 aromatic heterocycles. The van der Waals surface area contributed by atoms with Crippen LogP contribution < -0.4 is 10.9 Å². The number of benzene rings is 1. The lowest BCUT2D eigenvalue weighted by molar-refractivity contribution is -0.123. The molecule has 116 valence electrons. The van der Waals surface area contributed by atoms with Crippen LogP contribution in [0.1, 0.15) is 25.7 Å². The molecular formula is C16H19N3O3. The molecule has 0 spiro atoms. The van der Waals surface area contributed by atoms with Gasteiger partial charge in [-0.25, -0.2) is 4.98 Å². The predicted octanol–water partition coefficient (Wildman–Crippen LogP) is 0.816. The molecule has 1 aliphatic carbocycles. The summed E-state index contributed by atoms with van der Waals surface area (Å²) in [7, 11) is 0. The Balaban J connectivity index is 1.74. The van der Waals surface area contributed by atoms with Crippen LogP contribution in [-0.2, 0) is 11.3 Å². The second kappa shape index (κ2) is 6.27. The van der Waals surface area contributed by atoms with Gasteiger partial charge in [-0.15, -0.1) is 0 Å². The Kier molecular flexibility index (Phi) is 4.20. The van der Waals surface area contributed by atoms with Crippen molar-refractivity contribution in [2.45, 2.75) is 44.4 Å². The van der Waals surface area contributed by atoms with Crippen LogP contribution in [0.4, 0.5) is 0 Å². The number of amides is 1. The zero-order valence-corrected chi connectivity index (χ0v) is 12.2. The number of fused-ring (bicyclic) bond motifs is 1. The summed E-state index contributed by atoms with van der Waals surface area (Å²) >= 11 is 0. The summed E-state index contributed by atoms with van der Waals surface area (Å²) in [6.07, 6.45) is 4.37. The summed E-state index contributed by atoms with van der Waals surface area (Å²) < 4.78 is 1.30.